The third-order valence-electron chi connectivity index (χ3n) is 3.31. The number of aliphatic hydroxyl groups excluding tert-OH is 1. The Labute approximate surface area is 125 Å². The van der Waals surface area contributed by atoms with Crippen molar-refractivity contribution in [1.82, 2.24) is 5.32 Å². The maximum absolute atomic E-state index is 9.86. The molecule has 0 spiro atoms. The van der Waals surface area contributed by atoms with Crippen molar-refractivity contribution in [3.63, 3.8) is 0 Å². The molecular formula is C15H22ClNO3. The summed E-state index contributed by atoms with van der Waals surface area (Å²) in [6.45, 7) is 3.37. The van der Waals surface area contributed by atoms with Gasteiger partial charge >= 0.3 is 0 Å². The Morgan fingerprint density at radius 1 is 1.50 bits per heavy atom. The van der Waals surface area contributed by atoms with Gasteiger partial charge in [0.1, 0.15) is 18.5 Å². The van der Waals surface area contributed by atoms with E-state index in [2.05, 4.69) is 5.32 Å². The Balaban J connectivity index is 1.59. The molecule has 1 fully saturated rings. The zero-order valence-electron chi connectivity index (χ0n) is 11.6. The van der Waals surface area contributed by atoms with Gasteiger partial charge in [0.25, 0.3) is 0 Å². The molecule has 0 aliphatic carbocycles. The maximum Gasteiger partial charge on any atom is 0.120 e. The topological polar surface area (TPSA) is 50.7 Å². The van der Waals surface area contributed by atoms with Gasteiger partial charge in [-0.1, -0.05) is 17.7 Å². The van der Waals surface area contributed by atoms with Gasteiger partial charge in [-0.15, -0.1) is 0 Å². The summed E-state index contributed by atoms with van der Waals surface area (Å²) in [4.78, 5) is 0. The second-order valence-electron chi connectivity index (χ2n) is 5.16. The Morgan fingerprint density at radius 2 is 2.40 bits per heavy atom. The van der Waals surface area contributed by atoms with Crippen LogP contribution in [0.25, 0.3) is 0 Å². The van der Waals surface area contributed by atoms with Crippen LogP contribution in [0.5, 0.6) is 5.75 Å². The number of nitrogens with one attached hydrogen (secondary N) is 1. The van der Waals surface area contributed by atoms with E-state index in [0.29, 0.717) is 23.2 Å². The lowest BCUT2D eigenvalue weighted by Crippen LogP contribution is -2.36. The zero-order valence-corrected chi connectivity index (χ0v) is 12.3. The van der Waals surface area contributed by atoms with Crippen LogP contribution >= 0.6 is 11.6 Å². The molecule has 1 aromatic carbocycles. The average Bonchev–Trinajstić information content (AvgIpc) is 2.46. The van der Waals surface area contributed by atoms with E-state index in [0.717, 1.165) is 26.2 Å². The number of hydrogen-bond donors (Lipinski definition) is 2. The van der Waals surface area contributed by atoms with Crippen molar-refractivity contribution in [2.24, 2.45) is 5.92 Å². The second kappa shape index (κ2) is 8.47. The normalized spacial score (nSPS) is 20.6. The Hall–Kier alpha value is -0.810. The first-order valence-corrected chi connectivity index (χ1v) is 7.47. The maximum atomic E-state index is 9.86. The average molecular weight is 300 g/mol. The van der Waals surface area contributed by atoms with Gasteiger partial charge in [0.15, 0.2) is 0 Å². The van der Waals surface area contributed by atoms with E-state index in [-0.39, 0.29) is 6.61 Å². The van der Waals surface area contributed by atoms with Crippen molar-refractivity contribution in [3.8, 4) is 5.75 Å². The number of halogens is 1. The lowest BCUT2D eigenvalue weighted by atomic mass is 10.0. The number of rotatable bonds is 7. The van der Waals surface area contributed by atoms with Gasteiger partial charge in [-0.25, -0.2) is 0 Å². The Bertz CT molecular complexity index is 396. The number of ether oxygens (including phenoxy) is 2. The number of hydrogen-bond acceptors (Lipinski definition) is 4. The van der Waals surface area contributed by atoms with Gasteiger partial charge in [0.05, 0.1) is 6.61 Å². The van der Waals surface area contributed by atoms with Crippen LogP contribution in [-0.4, -0.2) is 44.1 Å². The molecule has 2 rings (SSSR count). The molecule has 0 bridgehead atoms. The summed E-state index contributed by atoms with van der Waals surface area (Å²) in [5, 5.41) is 13.8. The molecule has 1 aromatic rings. The van der Waals surface area contributed by atoms with Crippen molar-refractivity contribution in [2.45, 2.75) is 18.9 Å². The summed E-state index contributed by atoms with van der Waals surface area (Å²) in [5.74, 6) is 1.24. The molecule has 1 aliphatic heterocycles. The highest BCUT2D eigenvalue weighted by Gasteiger charge is 2.14. The fraction of sp³-hybridized carbons (Fsp3) is 0.600. The van der Waals surface area contributed by atoms with Crippen molar-refractivity contribution in [3.05, 3.63) is 29.3 Å². The fourth-order valence-electron chi connectivity index (χ4n) is 2.23. The van der Waals surface area contributed by atoms with Crippen LogP contribution in [0.4, 0.5) is 0 Å². The molecule has 2 N–H and O–H groups in total. The van der Waals surface area contributed by atoms with E-state index in [1.165, 1.54) is 6.42 Å². The lowest BCUT2D eigenvalue weighted by Gasteiger charge is -2.23. The molecule has 1 saturated heterocycles. The van der Waals surface area contributed by atoms with Gasteiger partial charge in [0, 0.05) is 24.7 Å². The molecular weight excluding hydrogens is 278 g/mol. The lowest BCUT2D eigenvalue weighted by molar-refractivity contribution is 0.0516. The predicted octanol–water partition coefficient (Wildman–Crippen LogP) is 2.10. The second-order valence-corrected chi connectivity index (χ2v) is 5.60. The van der Waals surface area contributed by atoms with Gasteiger partial charge in [-0.3, -0.25) is 0 Å². The molecule has 0 amide bonds. The van der Waals surface area contributed by atoms with Gasteiger partial charge < -0.3 is 19.9 Å². The summed E-state index contributed by atoms with van der Waals surface area (Å²) in [5.41, 5.74) is 0. The largest absolute Gasteiger partial charge is 0.491 e. The molecule has 5 heteroatoms. The van der Waals surface area contributed by atoms with E-state index in [1.54, 1.807) is 12.1 Å². The van der Waals surface area contributed by atoms with E-state index >= 15 is 0 Å². The number of aliphatic hydroxyl groups is 1. The van der Waals surface area contributed by atoms with Gasteiger partial charge in [0.2, 0.25) is 0 Å². The van der Waals surface area contributed by atoms with E-state index in [9.17, 15) is 5.11 Å². The highest BCUT2D eigenvalue weighted by atomic mass is 35.5. The predicted molar refractivity (Wildman–Crippen MR) is 79.4 cm³/mol. The highest BCUT2D eigenvalue weighted by Crippen LogP contribution is 2.17. The molecule has 2 unspecified atom stereocenters. The van der Waals surface area contributed by atoms with Crippen molar-refractivity contribution in [1.29, 1.82) is 0 Å². The van der Waals surface area contributed by atoms with Crippen molar-refractivity contribution in [2.75, 3.05) is 32.9 Å². The fourth-order valence-corrected chi connectivity index (χ4v) is 2.41. The van der Waals surface area contributed by atoms with Crippen LogP contribution in [0.1, 0.15) is 12.8 Å². The number of benzene rings is 1. The Morgan fingerprint density at radius 3 is 3.15 bits per heavy atom. The molecule has 20 heavy (non-hydrogen) atoms. The third-order valence-corrected chi connectivity index (χ3v) is 3.54. The van der Waals surface area contributed by atoms with E-state index in [4.69, 9.17) is 21.1 Å². The van der Waals surface area contributed by atoms with Crippen LogP contribution in [0, 0.1) is 5.92 Å². The van der Waals surface area contributed by atoms with Gasteiger partial charge in [-0.05, 0) is 37.0 Å². The molecule has 0 aromatic heterocycles. The van der Waals surface area contributed by atoms with Gasteiger partial charge in [-0.2, -0.15) is 0 Å². The van der Waals surface area contributed by atoms with E-state index < -0.39 is 6.10 Å². The molecule has 0 saturated carbocycles. The first kappa shape index (κ1) is 15.6. The molecule has 1 aliphatic rings. The minimum Gasteiger partial charge on any atom is -0.491 e. The quantitative estimate of drug-likeness (QED) is 0.809. The van der Waals surface area contributed by atoms with Crippen LogP contribution in [0.2, 0.25) is 5.02 Å². The molecule has 0 radical (unpaired) electrons. The summed E-state index contributed by atoms with van der Waals surface area (Å²) in [7, 11) is 0. The highest BCUT2D eigenvalue weighted by molar-refractivity contribution is 6.30. The minimum absolute atomic E-state index is 0.258. The van der Waals surface area contributed by atoms with Crippen LogP contribution in [-0.2, 0) is 4.74 Å². The third kappa shape index (κ3) is 5.67. The van der Waals surface area contributed by atoms with Crippen LogP contribution < -0.4 is 10.1 Å². The smallest absolute Gasteiger partial charge is 0.120 e. The molecule has 112 valence electrons. The Kier molecular flexibility index (Phi) is 6.60. The zero-order chi connectivity index (χ0) is 14.2. The van der Waals surface area contributed by atoms with E-state index in [1.807, 2.05) is 12.1 Å². The molecule has 1 heterocycles. The van der Waals surface area contributed by atoms with Crippen molar-refractivity contribution < 1.29 is 14.6 Å². The van der Waals surface area contributed by atoms with Crippen LogP contribution in [0.3, 0.4) is 0 Å². The molecule has 4 nitrogen and oxygen atoms in total. The summed E-state index contributed by atoms with van der Waals surface area (Å²) in [6.07, 6.45) is 1.80. The summed E-state index contributed by atoms with van der Waals surface area (Å²) >= 11 is 5.86. The minimum atomic E-state index is -0.529. The van der Waals surface area contributed by atoms with Crippen molar-refractivity contribution >= 4 is 11.6 Å². The summed E-state index contributed by atoms with van der Waals surface area (Å²) < 4.78 is 10.9. The van der Waals surface area contributed by atoms with Crippen LogP contribution in [0.15, 0.2) is 24.3 Å². The SMILES string of the molecule is OC(CNCC1CCCOC1)COc1cccc(Cl)c1. The first-order valence-electron chi connectivity index (χ1n) is 7.09. The monoisotopic (exact) mass is 299 g/mol. The molecule has 2 atom stereocenters. The first-order chi connectivity index (χ1) is 9.74. The standard InChI is InChI=1S/C15H22ClNO3/c16-13-4-1-5-15(7-13)20-11-14(18)9-17-8-12-3-2-6-19-10-12/h1,4-5,7,12,14,17-18H,2-3,6,8-11H2. The summed E-state index contributed by atoms with van der Waals surface area (Å²) in [6, 6.07) is 7.18.